The van der Waals surface area contributed by atoms with Gasteiger partial charge in [0.1, 0.15) is 17.2 Å². The molecule has 0 aliphatic carbocycles. The van der Waals surface area contributed by atoms with Crippen molar-refractivity contribution in [1.82, 2.24) is 5.32 Å². The maximum Gasteiger partial charge on any atom is 0.269 e. The molecule has 4 N–H and O–H groups in total. The standard InChI is InChI=1S/C21H23Br4N3O4.BrH/c1-31-19-14(22)9-13(10-15(19)23)11-18(28-30)21(29)27-5-3-12-7-16(24)20(17(25)8-12)32-6-2-4-26;/h7-10,30H,2-6,11,26H2,1H3,(H,27,29);1H/b28-18+;. The number of oxime groups is 1. The Kier molecular flexibility index (Phi) is 14.1. The molecule has 0 saturated heterocycles. The quantitative estimate of drug-likeness (QED) is 0.116. The maximum atomic E-state index is 12.5. The average Bonchev–Trinajstić information content (AvgIpc) is 2.73. The molecule has 0 aliphatic rings. The molecule has 2 rings (SSSR count). The van der Waals surface area contributed by atoms with Crippen LogP contribution in [0.25, 0.3) is 0 Å². The van der Waals surface area contributed by atoms with Crippen molar-refractivity contribution >= 4 is 92.3 Å². The minimum Gasteiger partial charge on any atom is -0.494 e. The van der Waals surface area contributed by atoms with Gasteiger partial charge in [0.15, 0.2) is 0 Å². The van der Waals surface area contributed by atoms with Gasteiger partial charge in [0, 0.05) is 13.0 Å². The second-order valence-corrected chi connectivity index (χ2v) is 10.1. The highest BCUT2D eigenvalue weighted by Gasteiger charge is 2.16. The van der Waals surface area contributed by atoms with Gasteiger partial charge in [0.25, 0.3) is 5.91 Å². The number of ether oxygens (including phenoxy) is 2. The van der Waals surface area contributed by atoms with Crippen LogP contribution < -0.4 is 20.5 Å². The number of amides is 1. The molecule has 7 nitrogen and oxygen atoms in total. The lowest BCUT2D eigenvalue weighted by Gasteiger charge is -2.13. The lowest BCUT2D eigenvalue weighted by atomic mass is 10.1. The van der Waals surface area contributed by atoms with Crippen LogP contribution in [0.3, 0.4) is 0 Å². The molecular formula is C21H24Br5N3O4. The fraction of sp³-hybridized carbons (Fsp3) is 0.333. The predicted octanol–water partition coefficient (Wildman–Crippen LogP) is 5.78. The third-order valence-corrected chi connectivity index (χ3v) is 6.72. The summed E-state index contributed by atoms with van der Waals surface area (Å²) < 4.78 is 14.1. The van der Waals surface area contributed by atoms with Crippen molar-refractivity contribution in [1.29, 1.82) is 0 Å². The van der Waals surface area contributed by atoms with Gasteiger partial charge >= 0.3 is 0 Å². The topological polar surface area (TPSA) is 106 Å². The molecule has 0 bridgehead atoms. The van der Waals surface area contributed by atoms with E-state index >= 15 is 0 Å². The molecule has 0 unspecified atom stereocenters. The SMILES string of the molecule is Br.COc1c(Br)cc(C/C(=N\O)C(=O)NCCc2cc(Br)c(OCCCN)c(Br)c2)cc1Br. The van der Waals surface area contributed by atoms with Gasteiger partial charge in [-0.1, -0.05) is 5.16 Å². The van der Waals surface area contributed by atoms with Crippen molar-refractivity contribution in [3.8, 4) is 11.5 Å². The molecular weight excluding hydrogens is 758 g/mol. The summed E-state index contributed by atoms with van der Waals surface area (Å²) in [6.45, 7) is 1.48. The van der Waals surface area contributed by atoms with Gasteiger partial charge in [-0.15, -0.1) is 17.0 Å². The van der Waals surface area contributed by atoms with Crippen LogP contribution >= 0.6 is 80.7 Å². The number of benzene rings is 2. The summed E-state index contributed by atoms with van der Waals surface area (Å²) in [5.74, 6) is 0.932. The Hall–Kier alpha value is -0.660. The Morgan fingerprint density at radius 1 is 1.03 bits per heavy atom. The first-order chi connectivity index (χ1) is 15.3. The highest BCUT2D eigenvalue weighted by atomic mass is 79.9. The van der Waals surface area contributed by atoms with Crippen LogP contribution in [0.2, 0.25) is 0 Å². The number of carbonyl (C=O) groups excluding carboxylic acids is 1. The van der Waals surface area contributed by atoms with Crippen LogP contribution in [0.15, 0.2) is 47.3 Å². The van der Waals surface area contributed by atoms with Crippen LogP contribution in [0.5, 0.6) is 11.5 Å². The average molecular weight is 782 g/mol. The number of halogens is 5. The molecule has 2 aromatic rings. The van der Waals surface area contributed by atoms with Crippen LogP contribution in [0.4, 0.5) is 0 Å². The molecule has 1 amide bonds. The predicted molar refractivity (Wildman–Crippen MR) is 149 cm³/mol. The zero-order valence-electron chi connectivity index (χ0n) is 17.7. The van der Waals surface area contributed by atoms with Gasteiger partial charge < -0.3 is 25.7 Å². The van der Waals surface area contributed by atoms with Gasteiger partial charge in [0.05, 0.1) is 31.6 Å². The molecule has 2 aromatic carbocycles. The monoisotopic (exact) mass is 777 g/mol. The van der Waals surface area contributed by atoms with Gasteiger partial charge in [-0.2, -0.15) is 0 Å². The summed E-state index contributed by atoms with van der Waals surface area (Å²) in [5.41, 5.74) is 7.30. The van der Waals surface area contributed by atoms with E-state index in [-0.39, 0.29) is 29.1 Å². The molecule has 33 heavy (non-hydrogen) atoms. The lowest BCUT2D eigenvalue weighted by molar-refractivity contribution is -0.115. The van der Waals surface area contributed by atoms with Crippen LogP contribution in [-0.2, 0) is 17.6 Å². The van der Waals surface area contributed by atoms with Crippen molar-refractivity contribution in [2.24, 2.45) is 10.9 Å². The number of hydrogen-bond donors (Lipinski definition) is 3. The highest BCUT2D eigenvalue weighted by molar-refractivity contribution is 9.11. The van der Waals surface area contributed by atoms with E-state index in [1.807, 2.05) is 24.3 Å². The van der Waals surface area contributed by atoms with E-state index in [9.17, 15) is 10.0 Å². The summed E-state index contributed by atoms with van der Waals surface area (Å²) in [5, 5.41) is 15.3. The first kappa shape index (κ1) is 30.4. The second-order valence-electron chi connectivity index (χ2n) is 6.70. The zero-order valence-corrected chi connectivity index (χ0v) is 25.7. The molecule has 182 valence electrons. The summed E-state index contributed by atoms with van der Waals surface area (Å²) >= 11 is 13.9. The zero-order chi connectivity index (χ0) is 23.7. The molecule has 0 fully saturated rings. The molecule has 0 aromatic heterocycles. The van der Waals surface area contributed by atoms with Crippen molar-refractivity contribution in [2.75, 3.05) is 26.8 Å². The number of methoxy groups -OCH3 is 1. The van der Waals surface area contributed by atoms with Crippen LogP contribution in [0, 0.1) is 0 Å². The smallest absolute Gasteiger partial charge is 0.269 e. The Morgan fingerprint density at radius 3 is 2.09 bits per heavy atom. The first-order valence-corrected chi connectivity index (χ1v) is 12.8. The normalized spacial score (nSPS) is 11.0. The number of nitrogens with two attached hydrogens (primary N) is 1. The van der Waals surface area contributed by atoms with Crippen LogP contribution in [-0.4, -0.2) is 43.6 Å². The van der Waals surface area contributed by atoms with Crippen molar-refractivity contribution in [2.45, 2.75) is 19.3 Å². The summed E-state index contributed by atoms with van der Waals surface area (Å²) in [6, 6.07) is 7.52. The van der Waals surface area contributed by atoms with E-state index in [2.05, 4.69) is 74.2 Å². The first-order valence-electron chi connectivity index (χ1n) is 9.62. The van der Waals surface area contributed by atoms with E-state index < -0.39 is 5.91 Å². The van der Waals surface area contributed by atoms with Crippen molar-refractivity contribution in [3.05, 3.63) is 53.3 Å². The molecule has 0 aliphatic heterocycles. The minimum absolute atomic E-state index is 0. The largest absolute Gasteiger partial charge is 0.494 e. The lowest BCUT2D eigenvalue weighted by Crippen LogP contribution is -2.33. The third kappa shape index (κ3) is 9.14. The maximum absolute atomic E-state index is 12.5. The van der Waals surface area contributed by atoms with E-state index in [1.165, 1.54) is 0 Å². The van der Waals surface area contributed by atoms with E-state index in [4.69, 9.17) is 15.2 Å². The minimum atomic E-state index is -0.435. The number of rotatable bonds is 11. The van der Waals surface area contributed by atoms with Gasteiger partial charge in [0.2, 0.25) is 0 Å². The van der Waals surface area contributed by atoms with E-state index in [1.54, 1.807) is 7.11 Å². The van der Waals surface area contributed by atoms with Gasteiger partial charge in [-0.05, 0) is 118 Å². The van der Waals surface area contributed by atoms with E-state index in [0.29, 0.717) is 31.9 Å². The third-order valence-electron chi connectivity index (χ3n) is 4.37. The molecule has 0 radical (unpaired) electrons. The summed E-state index contributed by atoms with van der Waals surface area (Å²) in [6.07, 6.45) is 1.52. The number of carbonyl (C=O) groups is 1. The number of nitrogens with zero attached hydrogens (tertiary/aromatic N) is 1. The fourth-order valence-corrected chi connectivity index (χ4v) is 5.95. The van der Waals surface area contributed by atoms with Crippen molar-refractivity contribution in [3.63, 3.8) is 0 Å². The summed E-state index contributed by atoms with van der Waals surface area (Å²) in [7, 11) is 1.57. The van der Waals surface area contributed by atoms with Crippen LogP contribution in [0.1, 0.15) is 17.5 Å². The Morgan fingerprint density at radius 2 is 1.58 bits per heavy atom. The molecule has 0 spiro atoms. The fourth-order valence-electron chi connectivity index (χ4n) is 2.84. The van der Waals surface area contributed by atoms with Crippen molar-refractivity contribution < 1.29 is 19.5 Å². The Bertz CT molecular complexity index is 942. The Balaban J connectivity index is 0.00000544. The van der Waals surface area contributed by atoms with Gasteiger partial charge in [-0.3, -0.25) is 4.79 Å². The molecule has 0 atom stereocenters. The van der Waals surface area contributed by atoms with Gasteiger partial charge in [-0.25, -0.2) is 0 Å². The number of nitrogens with one attached hydrogen (secondary N) is 1. The molecule has 12 heteroatoms. The summed E-state index contributed by atoms with van der Waals surface area (Å²) in [4.78, 5) is 12.5. The highest BCUT2D eigenvalue weighted by Crippen LogP contribution is 2.35. The number of hydrogen-bond acceptors (Lipinski definition) is 6. The molecule has 0 heterocycles. The van der Waals surface area contributed by atoms with E-state index in [0.717, 1.165) is 41.2 Å². The Labute approximate surface area is 237 Å². The second kappa shape index (κ2) is 15.4. The molecule has 0 saturated carbocycles.